The van der Waals surface area contributed by atoms with Crippen molar-refractivity contribution >= 4 is 26.6 Å². The first kappa shape index (κ1) is 12.8. The van der Waals surface area contributed by atoms with Gasteiger partial charge in [0.05, 0.1) is 16.5 Å². The Balaban J connectivity index is 2.55. The summed E-state index contributed by atoms with van der Waals surface area (Å²) in [6, 6.07) is 9.30. The summed E-state index contributed by atoms with van der Waals surface area (Å²) >= 11 is 0. The third kappa shape index (κ3) is 2.46. The molecule has 0 atom stereocenters. The van der Waals surface area contributed by atoms with E-state index < -0.39 is 15.3 Å². The minimum absolute atomic E-state index is 0.474. The zero-order valence-electron chi connectivity index (χ0n) is 10.6. The van der Waals surface area contributed by atoms with Crippen LogP contribution in [0.2, 0.25) is 0 Å². The molecule has 4 nitrogen and oxygen atoms in total. The number of nitrogens with one attached hydrogen (secondary N) is 1. The number of sulfonamides is 1. The number of rotatable bonds is 3. The number of aromatic nitrogens is 1. The minimum Gasteiger partial charge on any atom is -0.281 e. The van der Waals surface area contributed by atoms with Gasteiger partial charge in [0.15, 0.2) is 0 Å². The van der Waals surface area contributed by atoms with Gasteiger partial charge in [-0.3, -0.25) is 9.71 Å². The Labute approximate surface area is 107 Å². The monoisotopic (exact) mass is 264 g/mol. The van der Waals surface area contributed by atoms with Gasteiger partial charge >= 0.3 is 0 Å². The first-order chi connectivity index (χ1) is 8.40. The number of anilines is 1. The number of aryl methyl sites for hydroxylation is 1. The Bertz CT molecular complexity index is 678. The molecule has 0 saturated carbocycles. The maximum Gasteiger partial charge on any atom is 0.235 e. The van der Waals surface area contributed by atoms with Crippen LogP contribution < -0.4 is 4.72 Å². The molecular weight excluding hydrogens is 248 g/mol. The van der Waals surface area contributed by atoms with E-state index in [2.05, 4.69) is 9.71 Å². The number of para-hydroxylation sites is 1. The van der Waals surface area contributed by atoms with Crippen molar-refractivity contribution in [3.8, 4) is 0 Å². The molecule has 0 aliphatic heterocycles. The van der Waals surface area contributed by atoms with E-state index in [9.17, 15) is 8.42 Å². The van der Waals surface area contributed by atoms with Gasteiger partial charge in [0.2, 0.25) is 10.0 Å². The standard InChI is InChI=1S/C13H16N2O2S/c1-9(2)18(16,17)15-12-6-4-5-11-8-7-10(3)14-13(11)12/h4-9,15H,1-3H3. The van der Waals surface area contributed by atoms with Crippen LogP contribution in [-0.4, -0.2) is 18.7 Å². The summed E-state index contributed by atoms with van der Waals surface area (Å²) < 4.78 is 26.4. The zero-order valence-corrected chi connectivity index (χ0v) is 11.5. The van der Waals surface area contributed by atoms with E-state index in [1.54, 1.807) is 19.9 Å². The lowest BCUT2D eigenvalue weighted by Crippen LogP contribution is -2.22. The second kappa shape index (κ2) is 4.57. The molecule has 0 fully saturated rings. The SMILES string of the molecule is Cc1ccc2cccc(NS(=O)(=O)C(C)C)c2n1. The van der Waals surface area contributed by atoms with Crippen LogP contribution in [0.15, 0.2) is 30.3 Å². The molecule has 96 valence electrons. The summed E-state index contributed by atoms with van der Waals surface area (Å²) in [4.78, 5) is 4.39. The van der Waals surface area contributed by atoms with Crippen LogP contribution in [0.5, 0.6) is 0 Å². The third-order valence-electron chi connectivity index (χ3n) is 2.73. The van der Waals surface area contributed by atoms with Crippen molar-refractivity contribution in [1.82, 2.24) is 4.98 Å². The van der Waals surface area contributed by atoms with Gasteiger partial charge < -0.3 is 0 Å². The third-order valence-corrected chi connectivity index (χ3v) is 4.48. The van der Waals surface area contributed by atoms with Gasteiger partial charge in [-0.05, 0) is 32.9 Å². The summed E-state index contributed by atoms with van der Waals surface area (Å²) in [5.41, 5.74) is 2.07. The Hall–Kier alpha value is -1.62. The summed E-state index contributed by atoms with van der Waals surface area (Å²) in [7, 11) is -3.35. The molecule has 0 aliphatic rings. The van der Waals surface area contributed by atoms with Crippen LogP contribution in [0, 0.1) is 6.92 Å². The van der Waals surface area contributed by atoms with Crippen molar-refractivity contribution in [1.29, 1.82) is 0 Å². The van der Waals surface area contributed by atoms with E-state index >= 15 is 0 Å². The molecule has 1 heterocycles. The molecule has 0 unspecified atom stereocenters. The maximum atomic E-state index is 11.9. The molecule has 0 aliphatic carbocycles. The van der Waals surface area contributed by atoms with Crippen molar-refractivity contribution in [2.45, 2.75) is 26.0 Å². The summed E-state index contributed by atoms with van der Waals surface area (Å²) in [6.07, 6.45) is 0. The zero-order chi connectivity index (χ0) is 13.3. The summed E-state index contributed by atoms with van der Waals surface area (Å²) in [5.74, 6) is 0. The van der Waals surface area contributed by atoms with E-state index in [1.807, 2.05) is 31.2 Å². The second-order valence-corrected chi connectivity index (χ2v) is 6.76. The van der Waals surface area contributed by atoms with E-state index in [0.29, 0.717) is 11.2 Å². The molecule has 18 heavy (non-hydrogen) atoms. The van der Waals surface area contributed by atoms with Gasteiger partial charge in [-0.25, -0.2) is 8.42 Å². The largest absolute Gasteiger partial charge is 0.281 e. The van der Waals surface area contributed by atoms with Crippen LogP contribution in [0.4, 0.5) is 5.69 Å². The fourth-order valence-corrected chi connectivity index (χ4v) is 2.31. The molecular formula is C13H16N2O2S. The van der Waals surface area contributed by atoms with Gasteiger partial charge in [0.25, 0.3) is 0 Å². The van der Waals surface area contributed by atoms with Crippen LogP contribution in [0.3, 0.4) is 0 Å². The molecule has 1 aromatic carbocycles. The molecule has 0 spiro atoms. The average molecular weight is 264 g/mol. The van der Waals surface area contributed by atoms with Crippen LogP contribution in [0.1, 0.15) is 19.5 Å². The van der Waals surface area contributed by atoms with Gasteiger partial charge in [-0.1, -0.05) is 18.2 Å². The molecule has 2 rings (SSSR count). The van der Waals surface area contributed by atoms with Gasteiger partial charge in [0.1, 0.15) is 0 Å². The number of hydrogen-bond acceptors (Lipinski definition) is 3. The number of fused-ring (bicyclic) bond motifs is 1. The van der Waals surface area contributed by atoms with Crippen molar-refractivity contribution in [2.75, 3.05) is 4.72 Å². The molecule has 0 bridgehead atoms. The van der Waals surface area contributed by atoms with Crippen LogP contribution >= 0.6 is 0 Å². The fraction of sp³-hybridized carbons (Fsp3) is 0.308. The highest BCUT2D eigenvalue weighted by Gasteiger charge is 2.17. The predicted octanol–water partition coefficient (Wildman–Crippen LogP) is 2.69. The molecule has 5 heteroatoms. The highest BCUT2D eigenvalue weighted by molar-refractivity contribution is 7.93. The van der Waals surface area contributed by atoms with E-state index in [-0.39, 0.29) is 0 Å². The lowest BCUT2D eigenvalue weighted by molar-refractivity contribution is 0.593. The minimum atomic E-state index is -3.35. The smallest absolute Gasteiger partial charge is 0.235 e. The summed E-state index contributed by atoms with van der Waals surface area (Å²) in [5, 5.41) is 0.446. The first-order valence-corrected chi connectivity index (χ1v) is 7.33. The maximum absolute atomic E-state index is 11.9. The molecule has 1 N–H and O–H groups in total. The van der Waals surface area contributed by atoms with E-state index in [4.69, 9.17) is 0 Å². The predicted molar refractivity (Wildman–Crippen MR) is 74.2 cm³/mol. The van der Waals surface area contributed by atoms with Crippen molar-refractivity contribution < 1.29 is 8.42 Å². The lowest BCUT2D eigenvalue weighted by Gasteiger charge is -2.12. The molecule has 0 amide bonds. The van der Waals surface area contributed by atoms with Gasteiger partial charge in [-0.15, -0.1) is 0 Å². The normalized spacial score (nSPS) is 12.0. The lowest BCUT2D eigenvalue weighted by atomic mass is 10.2. The molecule has 1 aromatic heterocycles. The molecule has 0 saturated heterocycles. The Morgan fingerprint density at radius 1 is 1.17 bits per heavy atom. The topological polar surface area (TPSA) is 59.1 Å². The van der Waals surface area contributed by atoms with Crippen molar-refractivity contribution in [3.63, 3.8) is 0 Å². The van der Waals surface area contributed by atoms with Crippen molar-refractivity contribution in [2.24, 2.45) is 0 Å². The van der Waals surface area contributed by atoms with E-state index in [1.165, 1.54) is 0 Å². The van der Waals surface area contributed by atoms with Crippen molar-refractivity contribution in [3.05, 3.63) is 36.0 Å². The van der Waals surface area contributed by atoms with E-state index in [0.717, 1.165) is 11.1 Å². The second-order valence-electron chi connectivity index (χ2n) is 4.53. The van der Waals surface area contributed by atoms with Gasteiger partial charge in [-0.2, -0.15) is 0 Å². The Kier molecular flexibility index (Phi) is 3.26. The number of hydrogen-bond donors (Lipinski definition) is 1. The number of nitrogens with zero attached hydrogens (tertiary/aromatic N) is 1. The fourth-order valence-electron chi connectivity index (χ4n) is 1.60. The number of benzene rings is 1. The Morgan fingerprint density at radius 2 is 1.89 bits per heavy atom. The quantitative estimate of drug-likeness (QED) is 0.927. The first-order valence-electron chi connectivity index (χ1n) is 5.78. The Morgan fingerprint density at radius 3 is 2.56 bits per heavy atom. The summed E-state index contributed by atoms with van der Waals surface area (Å²) in [6.45, 7) is 5.17. The number of pyridine rings is 1. The van der Waals surface area contributed by atoms with Crippen LogP contribution in [0.25, 0.3) is 10.9 Å². The van der Waals surface area contributed by atoms with Gasteiger partial charge in [0, 0.05) is 11.1 Å². The molecule has 0 radical (unpaired) electrons. The average Bonchev–Trinajstić information content (AvgIpc) is 2.29. The molecule has 2 aromatic rings. The van der Waals surface area contributed by atoms with Crippen LogP contribution in [-0.2, 0) is 10.0 Å². The highest BCUT2D eigenvalue weighted by Crippen LogP contribution is 2.23. The highest BCUT2D eigenvalue weighted by atomic mass is 32.2.